The second-order valence-electron chi connectivity index (χ2n) is 1.89. The lowest BCUT2D eigenvalue weighted by Gasteiger charge is -1.82. The number of rotatable bonds is 1. The molecule has 2 heterocycles. The zero-order chi connectivity index (χ0) is 6.97. The summed E-state index contributed by atoms with van der Waals surface area (Å²) in [5, 5.41) is 3.57. The first-order valence-electron chi connectivity index (χ1n) is 2.81. The van der Waals surface area contributed by atoms with Gasteiger partial charge in [-0.25, -0.2) is 4.99 Å². The van der Waals surface area contributed by atoms with E-state index in [9.17, 15) is 0 Å². The van der Waals surface area contributed by atoms with Gasteiger partial charge < -0.3 is 0 Å². The smallest absolute Gasteiger partial charge is 0.171 e. The fraction of sp³-hybridized carbons (Fsp3) is 0. The van der Waals surface area contributed by atoms with E-state index < -0.39 is 0 Å². The van der Waals surface area contributed by atoms with Gasteiger partial charge in [-0.1, -0.05) is 5.16 Å². The van der Waals surface area contributed by atoms with Crippen molar-refractivity contribution >= 4 is 18.1 Å². The minimum Gasteiger partial charge on any atom is -0.261 e. The molecular formula is C6H5N3O. The molecule has 0 fully saturated rings. The largest absolute Gasteiger partial charge is 0.261 e. The highest BCUT2D eigenvalue weighted by Crippen LogP contribution is 2.15. The molecule has 0 aliphatic carbocycles. The molecule has 0 spiro atoms. The Morgan fingerprint density at radius 2 is 2.50 bits per heavy atom. The molecule has 4 heteroatoms. The van der Waals surface area contributed by atoms with E-state index in [-0.39, 0.29) is 0 Å². The monoisotopic (exact) mass is 135 g/mol. The summed E-state index contributed by atoms with van der Waals surface area (Å²) in [6.07, 6.45) is 1.62. The van der Waals surface area contributed by atoms with Crippen LogP contribution in [0.15, 0.2) is 28.0 Å². The van der Waals surface area contributed by atoms with Crippen molar-refractivity contribution in [1.29, 1.82) is 0 Å². The van der Waals surface area contributed by atoms with Gasteiger partial charge in [-0.05, 0) is 18.9 Å². The zero-order valence-electron chi connectivity index (χ0n) is 5.19. The first-order valence-corrected chi connectivity index (χ1v) is 2.81. The summed E-state index contributed by atoms with van der Waals surface area (Å²) >= 11 is 0. The van der Waals surface area contributed by atoms with Crippen molar-refractivity contribution in [3.05, 3.63) is 18.3 Å². The third-order valence-corrected chi connectivity index (χ3v) is 1.32. The fourth-order valence-corrected chi connectivity index (χ4v) is 0.854. The van der Waals surface area contributed by atoms with Gasteiger partial charge in [0.15, 0.2) is 5.82 Å². The van der Waals surface area contributed by atoms with Crippen LogP contribution < -0.4 is 0 Å². The van der Waals surface area contributed by atoms with Crippen LogP contribution in [0, 0.1) is 0 Å². The zero-order valence-corrected chi connectivity index (χ0v) is 5.19. The van der Waals surface area contributed by atoms with E-state index >= 15 is 0 Å². The number of hydrogen-bond acceptors (Lipinski definition) is 3. The standard InChI is InChI=1S/C6H5N3O/c1-7-6-3-2-5-4-8-10-9(5)6/h2-4H,1H2. The maximum atomic E-state index is 4.81. The highest BCUT2D eigenvalue weighted by Gasteiger charge is 2.00. The summed E-state index contributed by atoms with van der Waals surface area (Å²) in [5.41, 5.74) is 0.891. The van der Waals surface area contributed by atoms with E-state index in [4.69, 9.17) is 4.63 Å². The van der Waals surface area contributed by atoms with E-state index in [2.05, 4.69) is 16.9 Å². The average Bonchev–Trinajstić information content (AvgIpc) is 2.44. The minimum absolute atomic E-state index is 0.674. The van der Waals surface area contributed by atoms with Crippen LogP contribution in [0.4, 0.5) is 5.82 Å². The van der Waals surface area contributed by atoms with Crippen LogP contribution in [-0.2, 0) is 0 Å². The summed E-state index contributed by atoms with van der Waals surface area (Å²) in [7, 11) is 0. The normalized spacial score (nSPS) is 10.4. The van der Waals surface area contributed by atoms with Crippen LogP contribution >= 0.6 is 0 Å². The predicted octanol–water partition coefficient (Wildman–Crippen LogP) is 1.26. The Labute approximate surface area is 56.7 Å². The highest BCUT2D eigenvalue weighted by atomic mass is 16.6. The van der Waals surface area contributed by atoms with Gasteiger partial charge in [0.25, 0.3) is 0 Å². The maximum absolute atomic E-state index is 4.81. The first-order chi connectivity index (χ1) is 4.92. The second kappa shape index (κ2) is 1.70. The van der Waals surface area contributed by atoms with Crippen molar-refractivity contribution < 1.29 is 4.63 Å². The van der Waals surface area contributed by atoms with Crippen molar-refractivity contribution in [1.82, 2.24) is 9.73 Å². The predicted molar refractivity (Wildman–Crippen MR) is 36.7 cm³/mol. The maximum Gasteiger partial charge on any atom is 0.171 e. The van der Waals surface area contributed by atoms with Crippen LogP contribution in [0.3, 0.4) is 0 Å². The lowest BCUT2D eigenvalue weighted by molar-refractivity contribution is 0.276. The van der Waals surface area contributed by atoms with Crippen LogP contribution in [0.1, 0.15) is 0 Å². The van der Waals surface area contributed by atoms with E-state index in [1.54, 1.807) is 6.20 Å². The molecule has 0 saturated heterocycles. The number of nitrogens with zero attached hydrogens (tertiary/aromatic N) is 3. The van der Waals surface area contributed by atoms with Gasteiger partial charge in [-0.3, -0.25) is 4.63 Å². The number of hydrogen-bond donors (Lipinski definition) is 0. The van der Waals surface area contributed by atoms with Crippen molar-refractivity contribution in [3.63, 3.8) is 0 Å². The van der Waals surface area contributed by atoms with Gasteiger partial charge in [-0.15, -0.1) is 4.57 Å². The summed E-state index contributed by atoms with van der Waals surface area (Å²) in [6, 6.07) is 3.67. The quantitative estimate of drug-likeness (QED) is 0.552. The molecule has 0 radical (unpaired) electrons. The van der Waals surface area contributed by atoms with Crippen LogP contribution in [0.2, 0.25) is 0 Å². The topological polar surface area (TPSA) is 42.8 Å². The Kier molecular flexibility index (Phi) is 0.887. The molecule has 0 amide bonds. The molecule has 0 aromatic carbocycles. The van der Waals surface area contributed by atoms with Crippen LogP contribution in [0.25, 0.3) is 5.52 Å². The average molecular weight is 135 g/mol. The Hall–Kier alpha value is -1.58. The molecule has 0 atom stereocenters. The van der Waals surface area contributed by atoms with Gasteiger partial charge in [-0.2, -0.15) is 0 Å². The van der Waals surface area contributed by atoms with E-state index in [1.807, 2.05) is 12.1 Å². The number of fused-ring (bicyclic) bond motifs is 1. The number of aliphatic imine (C=N–C) groups is 1. The Morgan fingerprint density at radius 3 is 3.30 bits per heavy atom. The SMILES string of the molecule is C=Nc1ccc2cnon12. The molecule has 50 valence electrons. The summed E-state index contributed by atoms with van der Waals surface area (Å²) in [4.78, 5) is 3.71. The molecule has 2 aromatic rings. The van der Waals surface area contributed by atoms with E-state index in [0.717, 1.165) is 5.52 Å². The fourth-order valence-electron chi connectivity index (χ4n) is 0.854. The van der Waals surface area contributed by atoms with Crippen molar-refractivity contribution in [3.8, 4) is 0 Å². The summed E-state index contributed by atoms with van der Waals surface area (Å²) in [5.74, 6) is 0.674. The van der Waals surface area contributed by atoms with Crippen LogP contribution in [-0.4, -0.2) is 16.4 Å². The summed E-state index contributed by atoms with van der Waals surface area (Å²) < 4.78 is 6.32. The Balaban J connectivity index is 2.88. The van der Waals surface area contributed by atoms with Crippen molar-refractivity contribution in [2.24, 2.45) is 4.99 Å². The first kappa shape index (κ1) is 5.22. The molecule has 0 aliphatic rings. The van der Waals surface area contributed by atoms with Crippen molar-refractivity contribution in [2.45, 2.75) is 0 Å². The molecule has 0 unspecified atom stereocenters. The molecule has 4 nitrogen and oxygen atoms in total. The Bertz CT molecular complexity index is 360. The minimum atomic E-state index is 0.674. The molecule has 0 N–H and O–H groups in total. The van der Waals surface area contributed by atoms with Gasteiger partial charge >= 0.3 is 0 Å². The molecular weight excluding hydrogens is 130 g/mol. The molecule has 0 aliphatic heterocycles. The highest BCUT2D eigenvalue weighted by molar-refractivity contribution is 5.54. The van der Waals surface area contributed by atoms with E-state index in [0.29, 0.717) is 5.82 Å². The Morgan fingerprint density at radius 1 is 1.60 bits per heavy atom. The third kappa shape index (κ3) is 0.500. The van der Waals surface area contributed by atoms with Gasteiger partial charge in [0.05, 0.1) is 6.20 Å². The molecule has 10 heavy (non-hydrogen) atoms. The van der Waals surface area contributed by atoms with Gasteiger partial charge in [0.1, 0.15) is 5.52 Å². The van der Waals surface area contributed by atoms with Gasteiger partial charge in [0.2, 0.25) is 0 Å². The second-order valence-corrected chi connectivity index (χ2v) is 1.89. The number of aromatic nitrogens is 2. The lowest BCUT2D eigenvalue weighted by Crippen LogP contribution is -1.71. The van der Waals surface area contributed by atoms with Crippen LogP contribution in [0.5, 0.6) is 0 Å². The lowest BCUT2D eigenvalue weighted by atomic mass is 10.5. The van der Waals surface area contributed by atoms with Gasteiger partial charge in [0, 0.05) is 0 Å². The summed E-state index contributed by atoms with van der Waals surface area (Å²) in [6.45, 7) is 3.37. The molecule has 0 saturated carbocycles. The molecule has 0 bridgehead atoms. The molecule has 2 rings (SSSR count). The van der Waals surface area contributed by atoms with Crippen molar-refractivity contribution in [2.75, 3.05) is 0 Å². The molecule has 2 aromatic heterocycles. The third-order valence-electron chi connectivity index (χ3n) is 1.32. The van der Waals surface area contributed by atoms with E-state index in [1.165, 1.54) is 4.57 Å².